The second-order valence-electron chi connectivity index (χ2n) is 7.63. The van der Waals surface area contributed by atoms with Crippen molar-refractivity contribution in [3.8, 4) is 11.5 Å². The molecule has 1 saturated heterocycles. The van der Waals surface area contributed by atoms with Crippen LogP contribution >= 0.6 is 24.0 Å². The summed E-state index contributed by atoms with van der Waals surface area (Å²) in [6.45, 7) is 7.68. The molecule has 1 fully saturated rings. The summed E-state index contributed by atoms with van der Waals surface area (Å²) in [5, 5.41) is 7.72. The molecule has 2 aromatic rings. The van der Waals surface area contributed by atoms with Crippen LogP contribution in [0.2, 0.25) is 0 Å². The molecule has 3 rings (SSSR count). The lowest BCUT2D eigenvalue weighted by Gasteiger charge is -2.22. The first-order valence-electron chi connectivity index (χ1n) is 10.4. The van der Waals surface area contributed by atoms with Crippen molar-refractivity contribution in [2.75, 3.05) is 33.3 Å². The van der Waals surface area contributed by atoms with Crippen molar-refractivity contribution in [2.24, 2.45) is 18.0 Å². The fourth-order valence-corrected chi connectivity index (χ4v) is 3.67. The fraction of sp³-hybridized carbons (Fsp3) is 0.545. The molecular weight excluding hydrogens is 493 g/mol. The zero-order chi connectivity index (χ0) is 20.6. The van der Waals surface area contributed by atoms with Gasteiger partial charge in [0.1, 0.15) is 17.6 Å². The third-order valence-electron chi connectivity index (χ3n) is 5.10. The van der Waals surface area contributed by atoms with Crippen molar-refractivity contribution in [3.63, 3.8) is 0 Å². The van der Waals surface area contributed by atoms with Gasteiger partial charge in [0.05, 0.1) is 19.9 Å². The monoisotopic (exact) mass is 527 g/mol. The first-order chi connectivity index (χ1) is 14.1. The smallest absolute Gasteiger partial charge is 0.194 e. The van der Waals surface area contributed by atoms with Gasteiger partial charge in [-0.1, -0.05) is 0 Å². The molecule has 1 aliphatic rings. The number of methoxy groups -OCH3 is 1. The molecule has 1 N–H and O–H groups in total. The van der Waals surface area contributed by atoms with Crippen LogP contribution in [0.25, 0.3) is 0 Å². The number of hydrogen-bond acceptors (Lipinski definition) is 4. The zero-order valence-electron chi connectivity index (χ0n) is 18.4. The summed E-state index contributed by atoms with van der Waals surface area (Å²) in [5.74, 6) is 3.27. The first-order valence-corrected chi connectivity index (χ1v) is 10.4. The molecule has 1 aliphatic heterocycles. The number of aryl methyl sites for hydroxylation is 1. The lowest BCUT2D eigenvalue weighted by molar-refractivity contribution is 0.229. The molecule has 1 aromatic heterocycles. The molecule has 0 saturated carbocycles. The Kier molecular flexibility index (Phi) is 9.74. The maximum absolute atomic E-state index is 5.99. The summed E-state index contributed by atoms with van der Waals surface area (Å²) in [6, 6.07) is 7.66. The van der Waals surface area contributed by atoms with Crippen molar-refractivity contribution >= 4 is 29.9 Å². The fourth-order valence-electron chi connectivity index (χ4n) is 3.67. The molecule has 8 heteroatoms. The predicted octanol–water partition coefficient (Wildman–Crippen LogP) is 3.34. The van der Waals surface area contributed by atoms with Crippen LogP contribution in [0.15, 0.2) is 41.7 Å². The van der Waals surface area contributed by atoms with Crippen LogP contribution in [0.4, 0.5) is 0 Å². The van der Waals surface area contributed by atoms with Gasteiger partial charge in [0, 0.05) is 32.9 Å². The van der Waals surface area contributed by atoms with E-state index >= 15 is 0 Å². The largest absolute Gasteiger partial charge is 0.497 e. The Morgan fingerprint density at radius 3 is 2.67 bits per heavy atom. The minimum Gasteiger partial charge on any atom is -0.497 e. The minimum atomic E-state index is -0.00848. The van der Waals surface area contributed by atoms with Gasteiger partial charge in [-0.25, -0.2) is 4.99 Å². The lowest BCUT2D eigenvalue weighted by atomic mass is 10.0. The van der Waals surface area contributed by atoms with Crippen LogP contribution in [0.3, 0.4) is 0 Å². The number of hydrogen-bond donors (Lipinski definition) is 1. The van der Waals surface area contributed by atoms with E-state index in [0.29, 0.717) is 12.5 Å². The Morgan fingerprint density at radius 2 is 2.03 bits per heavy atom. The topological polar surface area (TPSA) is 63.9 Å². The van der Waals surface area contributed by atoms with Gasteiger partial charge in [-0.15, -0.1) is 24.0 Å². The van der Waals surface area contributed by atoms with E-state index in [2.05, 4.69) is 28.4 Å². The Morgan fingerprint density at radius 1 is 1.30 bits per heavy atom. The van der Waals surface area contributed by atoms with E-state index in [4.69, 9.17) is 14.5 Å². The molecule has 2 heterocycles. The third kappa shape index (κ3) is 7.07. The van der Waals surface area contributed by atoms with Crippen molar-refractivity contribution in [1.29, 1.82) is 0 Å². The van der Waals surface area contributed by atoms with Gasteiger partial charge in [-0.05, 0) is 62.4 Å². The predicted molar refractivity (Wildman–Crippen MR) is 131 cm³/mol. The molecule has 30 heavy (non-hydrogen) atoms. The molecule has 0 radical (unpaired) electrons. The van der Waals surface area contributed by atoms with Gasteiger partial charge in [0.15, 0.2) is 5.96 Å². The highest BCUT2D eigenvalue weighted by Gasteiger charge is 2.25. The van der Waals surface area contributed by atoms with E-state index in [9.17, 15) is 0 Å². The van der Waals surface area contributed by atoms with Gasteiger partial charge in [-0.2, -0.15) is 5.10 Å². The average molecular weight is 527 g/mol. The molecule has 0 amide bonds. The molecule has 2 atom stereocenters. The normalized spacial score (nSPS) is 17.4. The number of ether oxygens (including phenoxy) is 2. The van der Waals surface area contributed by atoms with Crippen LogP contribution in [-0.4, -0.2) is 60.0 Å². The number of benzene rings is 1. The van der Waals surface area contributed by atoms with E-state index < -0.39 is 0 Å². The number of aromatic nitrogens is 2. The first kappa shape index (κ1) is 24.3. The van der Waals surface area contributed by atoms with Gasteiger partial charge in [-0.3, -0.25) is 4.68 Å². The molecule has 0 spiro atoms. The number of guanidine groups is 1. The maximum atomic E-state index is 5.99. The van der Waals surface area contributed by atoms with Crippen molar-refractivity contribution in [2.45, 2.75) is 32.8 Å². The summed E-state index contributed by atoms with van der Waals surface area (Å²) in [5.41, 5.74) is 1.31. The van der Waals surface area contributed by atoms with Crippen molar-refractivity contribution < 1.29 is 9.47 Å². The van der Waals surface area contributed by atoms with Crippen LogP contribution in [-0.2, 0) is 13.5 Å². The van der Waals surface area contributed by atoms with E-state index in [1.54, 1.807) is 7.11 Å². The standard InChI is InChI=1S/C22H33N5O2.HI/c1-5-23-22(24-13-17(2)29-21-8-6-20(28-4)7-9-21)27-11-10-18(16-27)12-19-14-25-26(3)15-19;/h6-9,14-15,17-18H,5,10-13,16H2,1-4H3,(H,23,24);1H. The van der Waals surface area contributed by atoms with Crippen molar-refractivity contribution in [3.05, 3.63) is 42.2 Å². The van der Waals surface area contributed by atoms with Crippen LogP contribution in [0.5, 0.6) is 11.5 Å². The molecule has 0 aliphatic carbocycles. The number of halogens is 1. The lowest BCUT2D eigenvalue weighted by Crippen LogP contribution is -2.40. The molecule has 2 unspecified atom stereocenters. The molecule has 166 valence electrons. The van der Waals surface area contributed by atoms with E-state index in [1.165, 1.54) is 12.0 Å². The van der Waals surface area contributed by atoms with E-state index in [-0.39, 0.29) is 30.1 Å². The van der Waals surface area contributed by atoms with Gasteiger partial charge >= 0.3 is 0 Å². The van der Waals surface area contributed by atoms with E-state index in [0.717, 1.165) is 43.5 Å². The number of aliphatic imine (C=N–C) groups is 1. The van der Waals surface area contributed by atoms with Gasteiger partial charge < -0.3 is 19.7 Å². The summed E-state index contributed by atoms with van der Waals surface area (Å²) >= 11 is 0. The SMILES string of the molecule is CCNC(=NCC(C)Oc1ccc(OC)cc1)N1CCC(Cc2cnn(C)c2)C1.I. The minimum absolute atomic E-state index is 0. The molecule has 7 nitrogen and oxygen atoms in total. The Hall–Kier alpha value is -1.97. The van der Waals surface area contributed by atoms with Gasteiger partial charge in [0.25, 0.3) is 0 Å². The Bertz CT molecular complexity index is 793. The summed E-state index contributed by atoms with van der Waals surface area (Å²) in [7, 11) is 3.63. The van der Waals surface area contributed by atoms with Crippen LogP contribution in [0, 0.1) is 5.92 Å². The number of nitrogens with one attached hydrogen (secondary N) is 1. The van der Waals surface area contributed by atoms with Crippen molar-refractivity contribution in [1.82, 2.24) is 20.0 Å². The Labute approximate surface area is 196 Å². The van der Waals surface area contributed by atoms with Gasteiger partial charge in [0.2, 0.25) is 0 Å². The highest BCUT2D eigenvalue weighted by atomic mass is 127. The quantitative estimate of drug-likeness (QED) is 0.324. The van der Waals surface area contributed by atoms with Crippen LogP contribution in [0.1, 0.15) is 25.8 Å². The van der Waals surface area contributed by atoms with Crippen LogP contribution < -0.4 is 14.8 Å². The number of likely N-dealkylation sites (tertiary alicyclic amines) is 1. The average Bonchev–Trinajstić information content (AvgIpc) is 3.35. The summed E-state index contributed by atoms with van der Waals surface area (Å²) < 4.78 is 13.1. The highest BCUT2D eigenvalue weighted by Crippen LogP contribution is 2.21. The number of rotatable bonds is 8. The summed E-state index contributed by atoms with van der Waals surface area (Å²) in [4.78, 5) is 7.20. The maximum Gasteiger partial charge on any atom is 0.194 e. The zero-order valence-corrected chi connectivity index (χ0v) is 20.7. The third-order valence-corrected chi connectivity index (χ3v) is 5.10. The summed E-state index contributed by atoms with van der Waals surface area (Å²) in [6.07, 6.45) is 6.32. The second-order valence-corrected chi connectivity index (χ2v) is 7.63. The molecule has 0 bridgehead atoms. The number of nitrogens with zero attached hydrogens (tertiary/aromatic N) is 4. The molecular formula is C22H34IN5O2. The van der Waals surface area contributed by atoms with E-state index in [1.807, 2.05) is 49.1 Å². The second kappa shape index (κ2) is 12.0. The molecule has 1 aromatic carbocycles. The Balaban J connectivity index is 0.00000320. The highest BCUT2D eigenvalue weighted by molar-refractivity contribution is 14.0.